The van der Waals surface area contributed by atoms with Gasteiger partial charge in [0, 0.05) is 12.6 Å². The Hall–Kier alpha value is -1.47. The highest BCUT2D eigenvalue weighted by atomic mass is 19.4. The highest BCUT2D eigenvalue weighted by Gasteiger charge is 2.31. The molecule has 0 radical (unpaired) electrons. The molecule has 8 heteroatoms. The van der Waals surface area contributed by atoms with Crippen molar-refractivity contribution in [1.29, 1.82) is 0 Å². The average Bonchev–Trinajstić information content (AvgIpc) is 2.24. The third-order valence-electron chi connectivity index (χ3n) is 2.62. The van der Waals surface area contributed by atoms with Crippen molar-refractivity contribution < 1.29 is 22.7 Å². The predicted octanol–water partition coefficient (Wildman–Crippen LogP) is 2.57. The van der Waals surface area contributed by atoms with Gasteiger partial charge in [0.05, 0.1) is 19.5 Å². The third kappa shape index (κ3) is 7.19. The Kier molecular flexibility index (Phi) is 5.47. The number of nitrogens with zero attached hydrogens (tertiary/aromatic N) is 2. The molecule has 122 valence electrons. The zero-order valence-corrected chi connectivity index (χ0v) is 12.8. The molecule has 0 spiro atoms. The smallest absolute Gasteiger partial charge is 0.410 e. The molecule has 1 N–H and O–H groups in total. The quantitative estimate of drug-likeness (QED) is 0.853. The van der Waals surface area contributed by atoms with Crippen molar-refractivity contribution in [2.45, 2.75) is 51.9 Å². The van der Waals surface area contributed by atoms with Gasteiger partial charge in [0.15, 0.2) is 0 Å². The molecule has 0 saturated heterocycles. The van der Waals surface area contributed by atoms with Crippen LogP contribution < -0.4 is 5.32 Å². The molecule has 1 aliphatic rings. The molecule has 5 nitrogen and oxygen atoms in total. The van der Waals surface area contributed by atoms with Gasteiger partial charge in [0.1, 0.15) is 11.4 Å². The number of carbonyl (C=O) groups excluding carboxylic acids is 1. The maximum Gasteiger partial charge on any atom is 0.410 e. The van der Waals surface area contributed by atoms with E-state index in [4.69, 9.17) is 4.74 Å². The van der Waals surface area contributed by atoms with E-state index in [9.17, 15) is 18.0 Å². The molecule has 0 aromatic rings. The number of hydrogen-bond donors (Lipinski definition) is 1. The standard InChI is InChI=1S/C13H22F3N3O2/c1-9(7-13(14,15)16)18-10-8-19(6-5-17-10)11(20)21-12(2,3)4/h9H,5-8H2,1-4H3,(H,17,18). The average molecular weight is 309 g/mol. The van der Waals surface area contributed by atoms with Crippen LogP contribution in [0.15, 0.2) is 4.99 Å². The number of hydrogen-bond acceptors (Lipinski definition) is 4. The molecule has 1 amide bonds. The summed E-state index contributed by atoms with van der Waals surface area (Å²) in [4.78, 5) is 17.5. The van der Waals surface area contributed by atoms with Gasteiger partial charge in [-0.15, -0.1) is 0 Å². The van der Waals surface area contributed by atoms with Crippen molar-refractivity contribution in [3.8, 4) is 0 Å². The molecule has 1 heterocycles. The molecule has 0 fully saturated rings. The molecule has 0 saturated carbocycles. The lowest BCUT2D eigenvalue weighted by atomic mass is 10.2. The number of carbonyl (C=O) groups is 1. The van der Waals surface area contributed by atoms with Crippen LogP contribution >= 0.6 is 0 Å². The van der Waals surface area contributed by atoms with Crippen LogP contribution in [0, 0.1) is 0 Å². The molecule has 1 unspecified atom stereocenters. The highest BCUT2D eigenvalue weighted by Crippen LogP contribution is 2.21. The molecule has 0 aromatic carbocycles. The molecule has 0 bridgehead atoms. The van der Waals surface area contributed by atoms with Crippen LogP contribution in [0.2, 0.25) is 0 Å². The van der Waals surface area contributed by atoms with E-state index < -0.39 is 30.3 Å². The van der Waals surface area contributed by atoms with Crippen molar-refractivity contribution in [2.24, 2.45) is 4.99 Å². The molecule has 1 rings (SSSR count). The second-order valence-electron chi connectivity index (χ2n) is 6.09. The predicted molar refractivity (Wildman–Crippen MR) is 73.4 cm³/mol. The summed E-state index contributed by atoms with van der Waals surface area (Å²) in [6.07, 6.45) is -5.66. The van der Waals surface area contributed by atoms with Crippen LogP contribution in [-0.2, 0) is 4.74 Å². The summed E-state index contributed by atoms with van der Waals surface area (Å²) in [5, 5.41) is 2.70. The fourth-order valence-electron chi connectivity index (χ4n) is 1.87. The molecule has 1 aliphatic heterocycles. The number of rotatable bonds is 2. The van der Waals surface area contributed by atoms with Crippen LogP contribution in [0.4, 0.5) is 18.0 Å². The van der Waals surface area contributed by atoms with Crippen molar-refractivity contribution >= 4 is 11.9 Å². The van der Waals surface area contributed by atoms with Crippen molar-refractivity contribution in [2.75, 3.05) is 19.6 Å². The van der Waals surface area contributed by atoms with Crippen molar-refractivity contribution in [3.63, 3.8) is 0 Å². The first-order chi connectivity index (χ1) is 9.46. The topological polar surface area (TPSA) is 53.9 Å². The Morgan fingerprint density at radius 1 is 1.43 bits per heavy atom. The third-order valence-corrected chi connectivity index (χ3v) is 2.62. The van der Waals surface area contributed by atoms with Crippen molar-refractivity contribution in [3.05, 3.63) is 0 Å². The summed E-state index contributed by atoms with van der Waals surface area (Å²) < 4.78 is 42.1. The Morgan fingerprint density at radius 2 is 2.05 bits per heavy atom. The van der Waals surface area contributed by atoms with Crippen LogP contribution in [0.3, 0.4) is 0 Å². The molecular formula is C13H22F3N3O2. The minimum Gasteiger partial charge on any atom is -0.444 e. The maximum atomic E-state index is 12.3. The number of nitrogens with one attached hydrogen (secondary N) is 1. The lowest BCUT2D eigenvalue weighted by Crippen LogP contribution is -2.49. The van der Waals surface area contributed by atoms with Gasteiger partial charge in [-0.25, -0.2) is 4.79 Å². The minimum atomic E-state index is -4.23. The summed E-state index contributed by atoms with van der Waals surface area (Å²) in [5.74, 6) is 0.379. The lowest BCUT2D eigenvalue weighted by Gasteiger charge is -2.31. The Bertz CT molecular complexity index is 402. The van der Waals surface area contributed by atoms with E-state index in [0.29, 0.717) is 18.9 Å². The number of alkyl halides is 3. The Labute approximate surface area is 122 Å². The Morgan fingerprint density at radius 3 is 2.57 bits per heavy atom. The van der Waals surface area contributed by atoms with Crippen LogP contribution in [0.5, 0.6) is 0 Å². The molecule has 0 aromatic heterocycles. The number of halogens is 3. The monoisotopic (exact) mass is 309 g/mol. The number of ether oxygens (including phenoxy) is 1. The number of amides is 1. The van der Waals surface area contributed by atoms with Crippen molar-refractivity contribution in [1.82, 2.24) is 10.2 Å². The minimum absolute atomic E-state index is 0.136. The normalized spacial score (nSPS) is 18.0. The van der Waals surface area contributed by atoms with Gasteiger partial charge in [0.2, 0.25) is 0 Å². The van der Waals surface area contributed by atoms with Crippen LogP contribution in [0.1, 0.15) is 34.1 Å². The number of amidine groups is 1. The van der Waals surface area contributed by atoms with E-state index in [-0.39, 0.29) is 6.54 Å². The summed E-state index contributed by atoms with van der Waals surface area (Å²) in [6.45, 7) is 7.59. The van der Waals surface area contributed by atoms with Gasteiger partial charge >= 0.3 is 12.3 Å². The molecule has 0 aliphatic carbocycles. The first-order valence-electron chi connectivity index (χ1n) is 6.81. The van der Waals surface area contributed by atoms with E-state index in [1.807, 2.05) is 0 Å². The van der Waals surface area contributed by atoms with Gasteiger partial charge in [0.25, 0.3) is 0 Å². The largest absolute Gasteiger partial charge is 0.444 e. The number of aliphatic imine (C=N–C) groups is 1. The van der Waals surface area contributed by atoms with Gasteiger partial charge in [-0.05, 0) is 27.7 Å². The zero-order chi connectivity index (χ0) is 16.3. The van der Waals surface area contributed by atoms with Gasteiger partial charge in [-0.3, -0.25) is 9.89 Å². The van der Waals surface area contributed by atoms with E-state index in [2.05, 4.69) is 10.3 Å². The SMILES string of the molecule is CC(CC(F)(F)F)NC1=NCCN(C(=O)OC(C)(C)C)C1. The molecular weight excluding hydrogens is 287 g/mol. The molecule has 1 atom stereocenters. The lowest BCUT2D eigenvalue weighted by molar-refractivity contribution is -0.138. The van der Waals surface area contributed by atoms with Crippen LogP contribution in [0.25, 0.3) is 0 Å². The van der Waals surface area contributed by atoms with Crippen LogP contribution in [-0.4, -0.2) is 54.3 Å². The van der Waals surface area contributed by atoms with E-state index in [1.54, 1.807) is 20.8 Å². The fourth-order valence-corrected chi connectivity index (χ4v) is 1.87. The second-order valence-corrected chi connectivity index (χ2v) is 6.09. The van der Waals surface area contributed by atoms with E-state index in [0.717, 1.165) is 0 Å². The summed E-state index contributed by atoms with van der Waals surface area (Å²) >= 11 is 0. The van der Waals surface area contributed by atoms with Gasteiger partial charge in [-0.1, -0.05) is 0 Å². The first kappa shape index (κ1) is 17.6. The highest BCUT2D eigenvalue weighted by molar-refractivity contribution is 5.88. The molecule has 21 heavy (non-hydrogen) atoms. The summed E-state index contributed by atoms with van der Waals surface area (Å²) in [7, 11) is 0. The maximum absolute atomic E-state index is 12.3. The van der Waals surface area contributed by atoms with Gasteiger partial charge < -0.3 is 10.1 Å². The summed E-state index contributed by atoms with van der Waals surface area (Å²) in [5.41, 5.74) is -0.608. The Balaban J connectivity index is 2.52. The van der Waals surface area contributed by atoms with E-state index >= 15 is 0 Å². The van der Waals surface area contributed by atoms with Gasteiger partial charge in [-0.2, -0.15) is 13.2 Å². The zero-order valence-electron chi connectivity index (χ0n) is 12.8. The fraction of sp³-hybridized carbons (Fsp3) is 0.846. The second kappa shape index (κ2) is 6.53. The van der Waals surface area contributed by atoms with E-state index in [1.165, 1.54) is 11.8 Å². The summed E-state index contributed by atoms with van der Waals surface area (Å²) in [6, 6.07) is -0.790. The first-order valence-corrected chi connectivity index (χ1v) is 6.81.